The minimum Gasteiger partial charge on any atom is -0.350 e. The van der Waals surface area contributed by atoms with E-state index in [0.29, 0.717) is 5.88 Å². The van der Waals surface area contributed by atoms with Crippen molar-refractivity contribution in [3.63, 3.8) is 0 Å². The van der Waals surface area contributed by atoms with Crippen LogP contribution in [-0.4, -0.2) is 22.2 Å². The molecule has 1 aliphatic heterocycles. The maximum absolute atomic E-state index is 11.2. The fourth-order valence-corrected chi connectivity index (χ4v) is 2.55. The van der Waals surface area contributed by atoms with E-state index in [1.165, 1.54) is 0 Å². The van der Waals surface area contributed by atoms with Gasteiger partial charge in [-0.3, -0.25) is 4.79 Å². The number of carbonyl (C=O) groups is 1. The summed E-state index contributed by atoms with van der Waals surface area (Å²) in [5.74, 6) is -0.229. The molecule has 70 valence electrons. The summed E-state index contributed by atoms with van der Waals surface area (Å²) in [5.41, 5.74) is 0. The summed E-state index contributed by atoms with van der Waals surface area (Å²) < 4.78 is -1.34. The van der Waals surface area contributed by atoms with Gasteiger partial charge in [-0.1, -0.05) is 30.1 Å². The van der Waals surface area contributed by atoms with Crippen molar-refractivity contribution in [2.75, 3.05) is 5.88 Å². The zero-order chi connectivity index (χ0) is 9.35. The Morgan fingerprint density at radius 2 is 2.17 bits per heavy atom. The Morgan fingerprint density at radius 1 is 1.58 bits per heavy atom. The molecule has 2 atom stereocenters. The third-order valence-corrected chi connectivity index (χ3v) is 3.41. The van der Waals surface area contributed by atoms with Crippen LogP contribution in [0.5, 0.6) is 0 Å². The molecule has 2 nitrogen and oxygen atoms in total. The van der Waals surface area contributed by atoms with Crippen molar-refractivity contribution in [2.24, 2.45) is 5.92 Å². The van der Waals surface area contributed by atoms with Crippen LogP contribution in [0.3, 0.4) is 0 Å². The Balaban J connectivity index is 2.83. The van der Waals surface area contributed by atoms with Gasteiger partial charge < -0.3 is 5.32 Å². The van der Waals surface area contributed by atoms with E-state index in [0.717, 1.165) is 6.42 Å². The molecule has 5 heteroatoms. The van der Waals surface area contributed by atoms with Gasteiger partial charge in [0, 0.05) is 17.8 Å². The molecule has 0 radical (unpaired) electrons. The van der Waals surface area contributed by atoms with Gasteiger partial charge >= 0.3 is 0 Å². The van der Waals surface area contributed by atoms with E-state index in [4.69, 9.17) is 34.8 Å². The van der Waals surface area contributed by atoms with Gasteiger partial charge in [0.2, 0.25) is 4.33 Å². The lowest BCUT2D eigenvalue weighted by atomic mass is 10.0. The second-order valence-corrected chi connectivity index (χ2v) is 4.57. The quantitative estimate of drug-likeness (QED) is 0.722. The molecule has 1 fully saturated rings. The van der Waals surface area contributed by atoms with Crippen molar-refractivity contribution < 1.29 is 4.79 Å². The van der Waals surface area contributed by atoms with Crippen molar-refractivity contribution in [3.8, 4) is 0 Å². The first-order chi connectivity index (χ1) is 5.54. The fourth-order valence-electron chi connectivity index (χ4n) is 1.38. The van der Waals surface area contributed by atoms with E-state index in [2.05, 4.69) is 5.32 Å². The molecule has 12 heavy (non-hydrogen) atoms. The molecule has 0 bridgehead atoms. The Bertz CT molecular complexity index is 195. The van der Waals surface area contributed by atoms with E-state index in [1.54, 1.807) is 0 Å². The SMILES string of the molecule is CCC1NC(=O)C(Cl)(Cl)C1CCl. The topological polar surface area (TPSA) is 29.1 Å². The molecule has 0 saturated carbocycles. The number of nitrogens with one attached hydrogen (secondary N) is 1. The van der Waals surface area contributed by atoms with Gasteiger partial charge in [0.25, 0.3) is 5.91 Å². The molecule has 1 heterocycles. The van der Waals surface area contributed by atoms with Crippen LogP contribution in [0.1, 0.15) is 13.3 Å². The summed E-state index contributed by atoms with van der Waals surface area (Å²) in [6.45, 7) is 1.96. The lowest BCUT2D eigenvalue weighted by Gasteiger charge is -2.19. The maximum Gasteiger partial charge on any atom is 0.257 e. The van der Waals surface area contributed by atoms with Gasteiger partial charge in [0.1, 0.15) is 0 Å². The summed E-state index contributed by atoms with van der Waals surface area (Å²) in [7, 11) is 0. The van der Waals surface area contributed by atoms with E-state index in [-0.39, 0.29) is 17.9 Å². The van der Waals surface area contributed by atoms with Crippen molar-refractivity contribution in [2.45, 2.75) is 23.7 Å². The second kappa shape index (κ2) is 3.60. The number of hydrogen-bond donors (Lipinski definition) is 1. The summed E-state index contributed by atoms with van der Waals surface area (Å²) in [4.78, 5) is 11.2. The third-order valence-electron chi connectivity index (χ3n) is 2.18. The number of amides is 1. The van der Waals surface area contributed by atoms with Gasteiger partial charge in [0.05, 0.1) is 0 Å². The molecular weight excluding hydrogens is 220 g/mol. The molecule has 1 N–H and O–H groups in total. The molecule has 1 amide bonds. The van der Waals surface area contributed by atoms with Crippen LogP contribution >= 0.6 is 34.8 Å². The molecule has 1 aliphatic rings. The lowest BCUT2D eigenvalue weighted by Crippen LogP contribution is -2.31. The average Bonchev–Trinajstić information content (AvgIpc) is 2.23. The van der Waals surface area contributed by atoms with E-state index < -0.39 is 4.33 Å². The normalized spacial score (nSPS) is 33.5. The molecule has 0 aromatic carbocycles. The Labute approximate surface area is 86.5 Å². The number of alkyl halides is 3. The smallest absolute Gasteiger partial charge is 0.257 e. The van der Waals surface area contributed by atoms with Crippen molar-refractivity contribution in [3.05, 3.63) is 0 Å². The van der Waals surface area contributed by atoms with Gasteiger partial charge in [-0.15, -0.1) is 11.6 Å². The summed E-state index contributed by atoms with van der Waals surface area (Å²) in [5, 5.41) is 2.71. The summed E-state index contributed by atoms with van der Waals surface area (Å²) >= 11 is 17.3. The monoisotopic (exact) mass is 229 g/mol. The van der Waals surface area contributed by atoms with Crippen LogP contribution in [0, 0.1) is 5.92 Å². The minimum absolute atomic E-state index is 0.00463. The van der Waals surface area contributed by atoms with Crippen molar-refractivity contribution in [1.29, 1.82) is 0 Å². The maximum atomic E-state index is 11.2. The molecule has 1 saturated heterocycles. The van der Waals surface area contributed by atoms with E-state index in [9.17, 15) is 4.79 Å². The number of rotatable bonds is 2. The van der Waals surface area contributed by atoms with E-state index in [1.807, 2.05) is 6.92 Å². The molecule has 0 spiro atoms. The Kier molecular flexibility index (Phi) is 3.13. The van der Waals surface area contributed by atoms with Crippen LogP contribution < -0.4 is 5.32 Å². The minimum atomic E-state index is -1.34. The van der Waals surface area contributed by atoms with Crippen LogP contribution in [-0.2, 0) is 4.79 Å². The average molecular weight is 231 g/mol. The predicted molar refractivity (Wildman–Crippen MR) is 50.9 cm³/mol. The molecular formula is C7H10Cl3NO. The van der Waals surface area contributed by atoms with Gasteiger partial charge in [-0.25, -0.2) is 0 Å². The van der Waals surface area contributed by atoms with Gasteiger partial charge in [-0.05, 0) is 6.42 Å². The molecule has 0 aliphatic carbocycles. The highest BCUT2D eigenvalue weighted by atomic mass is 35.5. The van der Waals surface area contributed by atoms with Crippen LogP contribution in [0.15, 0.2) is 0 Å². The van der Waals surface area contributed by atoms with Crippen LogP contribution in [0.4, 0.5) is 0 Å². The fraction of sp³-hybridized carbons (Fsp3) is 0.857. The number of hydrogen-bond acceptors (Lipinski definition) is 1. The zero-order valence-electron chi connectivity index (χ0n) is 6.61. The van der Waals surface area contributed by atoms with E-state index >= 15 is 0 Å². The summed E-state index contributed by atoms with van der Waals surface area (Å²) in [6, 6.07) is 0.00463. The Hall–Kier alpha value is 0.340. The summed E-state index contributed by atoms with van der Waals surface area (Å²) in [6.07, 6.45) is 0.796. The number of carbonyl (C=O) groups excluding carboxylic acids is 1. The molecule has 0 aromatic heterocycles. The molecule has 1 rings (SSSR count). The molecule has 2 unspecified atom stereocenters. The lowest BCUT2D eigenvalue weighted by molar-refractivity contribution is -0.120. The largest absolute Gasteiger partial charge is 0.350 e. The second-order valence-electron chi connectivity index (χ2n) is 2.87. The van der Waals surface area contributed by atoms with Crippen molar-refractivity contribution in [1.82, 2.24) is 5.32 Å². The number of halogens is 3. The molecule has 0 aromatic rings. The first-order valence-electron chi connectivity index (χ1n) is 3.78. The van der Waals surface area contributed by atoms with Crippen LogP contribution in [0.2, 0.25) is 0 Å². The van der Waals surface area contributed by atoms with Gasteiger partial charge in [-0.2, -0.15) is 0 Å². The standard InChI is InChI=1S/C7H10Cl3NO/c1-2-5-4(3-8)7(9,10)6(12)11-5/h4-5H,2-3H2,1H3,(H,11,12). The van der Waals surface area contributed by atoms with Gasteiger partial charge in [0.15, 0.2) is 0 Å². The first-order valence-corrected chi connectivity index (χ1v) is 5.07. The van der Waals surface area contributed by atoms with Crippen LogP contribution in [0.25, 0.3) is 0 Å². The predicted octanol–water partition coefficient (Wildman–Crippen LogP) is 1.92. The highest BCUT2D eigenvalue weighted by Gasteiger charge is 2.51. The van der Waals surface area contributed by atoms with Crippen molar-refractivity contribution >= 4 is 40.7 Å². The third kappa shape index (κ3) is 1.52. The highest BCUT2D eigenvalue weighted by molar-refractivity contribution is 6.59. The highest BCUT2D eigenvalue weighted by Crippen LogP contribution is 2.39. The Morgan fingerprint density at radius 3 is 2.50 bits per heavy atom. The zero-order valence-corrected chi connectivity index (χ0v) is 8.88. The first kappa shape index (κ1) is 10.4.